The van der Waals surface area contributed by atoms with Gasteiger partial charge in [-0.05, 0) is 25.5 Å². The van der Waals surface area contributed by atoms with Gasteiger partial charge in [0.2, 0.25) is 0 Å². The standard InChI is InChI=1S/C11H11NO3S/c1-5-4-6(2)12-10-7(5)8(13)9(16-10)11(14)15-3/h4,13H,1-3H3. The first-order valence-electron chi connectivity index (χ1n) is 4.72. The van der Waals surface area contributed by atoms with Crippen molar-refractivity contribution >= 4 is 27.5 Å². The number of hydrogen-bond donors (Lipinski definition) is 1. The first-order valence-corrected chi connectivity index (χ1v) is 5.54. The molecule has 2 rings (SSSR count). The van der Waals surface area contributed by atoms with Crippen molar-refractivity contribution in [3.8, 4) is 5.75 Å². The van der Waals surface area contributed by atoms with E-state index in [9.17, 15) is 9.90 Å². The molecule has 2 heterocycles. The van der Waals surface area contributed by atoms with Gasteiger partial charge in [0.15, 0.2) is 10.6 Å². The SMILES string of the molecule is COC(=O)c1sc2nc(C)cc(C)c2c1O. The molecule has 2 aromatic heterocycles. The van der Waals surface area contributed by atoms with Gasteiger partial charge >= 0.3 is 5.97 Å². The number of carbonyl (C=O) groups excluding carboxylic acids is 1. The van der Waals surface area contributed by atoms with E-state index in [0.29, 0.717) is 10.2 Å². The largest absolute Gasteiger partial charge is 0.505 e. The van der Waals surface area contributed by atoms with Crippen LogP contribution in [-0.4, -0.2) is 23.2 Å². The van der Waals surface area contributed by atoms with Gasteiger partial charge in [-0.1, -0.05) is 0 Å². The second-order valence-electron chi connectivity index (χ2n) is 3.53. The molecule has 84 valence electrons. The summed E-state index contributed by atoms with van der Waals surface area (Å²) in [6.07, 6.45) is 0. The molecule has 0 aliphatic rings. The summed E-state index contributed by atoms with van der Waals surface area (Å²) in [5.74, 6) is -0.561. The zero-order valence-electron chi connectivity index (χ0n) is 9.20. The molecule has 0 saturated heterocycles. The summed E-state index contributed by atoms with van der Waals surface area (Å²) >= 11 is 1.15. The number of esters is 1. The van der Waals surface area contributed by atoms with Crippen molar-refractivity contribution in [2.24, 2.45) is 0 Å². The van der Waals surface area contributed by atoms with Gasteiger partial charge in [0.1, 0.15) is 4.83 Å². The van der Waals surface area contributed by atoms with Crippen LogP contribution in [0.1, 0.15) is 20.9 Å². The molecule has 4 nitrogen and oxygen atoms in total. The molecular weight excluding hydrogens is 226 g/mol. The summed E-state index contributed by atoms with van der Waals surface area (Å²) in [6, 6.07) is 1.87. The van der Waals surface area contributed by atoms with Crippen LogP contribution in [-0.2, 0) is 4.74 Å². The molecule has 16 heavy (non-hydrogen) atoms. The van der Waals surface area contributed by atoms with Crippen molar-refractivity contribution in [1.82, 2.24) is 4.98 Å². The molecule has 0 spiro atoms. The zero-order valence-corrected chi connectivity index (χ0v) is 10.0. The Kier molecular flexibility index (Phi) is 2.55. The number of fused-ring (bicyclic) bond motifs is 1. The fraction of sp³-hybridized carbons (Fsp3) is 0.273. The minimum Gasteiger partial charge on any atom is -0.505 e. The van der Waals surface area contributed by atoms with E-state index in [0.717, 1.165) is 22.6 Å². The molecule has 0 unspecified atom stereocenters. The number of rotatable bonds is 1. The fourth-order valence-electron chi connectivity index (χ4n) is 1.65. The highest BCUT2D eigenvalue weighted by Crippen LogP contribution is 2.38. The van der Waals surface area contributed by atoms with Gasteiger partial charge in [0.05, 0.1) is 12.5 Å². The minimum absolute atomic E-state index is 0.0307. The lowest BCUT2D eigenvalue weighted by Crippen LogP contribution is -1.97. The molecule has 2 aromatic rings. The van der Waals surface area contributed by atoms with Crippen LogP contribution in [0, 0.1) is 13.8 Å². The third-order valence-corrected chi connectivity index (χ3v) is 3.39. The third kappa shape index (κ3) is 1.53. The van der Waals surface area contributed by atoms with Gasteiger partial charge in [-0.2, -0.15) is 0 Å². The van der Waals surface area contributed by atoms with Gasteiger partial charge in [0, 0.05) is 5.69 Å². The predicted octanol–water partition coefficient (Wildman–Crippen LogP) is 2.41. The summed E-state index contributed by atoms with van der Waals surface area (Å²) < 4.78 is 4.60. The van der Waals surface area contributed by atoms with Crippen LogP contribution >= 0.6 is 11.3 Å². The topological polar surface area (TPSA) is 59.4 Å². The van der Waals surface area contributed by atoms with Gasteiger partial charge in [-0.3, -0.25) is 0 Å². The first-order chi connectivity index (χ1) is 7.54. The van der Waals surface area contributed by atoms with E-state index in [-0.39, 0.29) is 10.6 Å². The average Bonchev–Trinajstić information content (AvgIpc) is 2.54. The van der Waals surface area contributed by atoms with Crippen molar-refractivity contribution in [1.29, 1.82) is 0 Å². The fourth-order valence-corrected chi connectivity index (χ4v) is 2.76. The van der Waals surface area contributed by atoms with Crippen LogP contribution in [0.2, 0.25) is 0 Å². The summed E-state index contributed by atoms with van der Waals surface area (Å²) in [4.78, 5) is 16.6. The van der Waals surface area contributed by atoms with Crippen LogP contribution in [0.25, 0.3) is 10.2 Å². The van der Waals surface area contributed by atoms with E-state index in [1.807, 2.05) is 19.9 Å². The van der Waals surface area contributed by atoms with Gasteiger partial charge < -0.3 is 9.84 Å². The maximum absolute atomic E-state index is 11.4. The first kappa shape index (κ1) is 10.9. The molecule has 0 amide bonds. The number of hydrogen-bond acceptors (Lipinski definition) is 5. The monoisotopic (exact) mass is 237 g/mol. The molecule has 5 heteroatoms. The second-order valence-corrected chi connectivity index (χ2v) is 4.53. The maximum Gasteiger partial charge on any atom is 0.351 e. The minimum atomic E-state index is -0.530. The second kappa shape index (κ2) is 3.75. The quantitative estimate of drug-likeness (QED) is 0.774. The normalized spacial score (nSPS) is 10.7. The van der Waals surface area contributed by atoms with E-state index < -0.39 is 5.97 Å². The Balaban J connectivity index is 2.78. The predicted molar refractivity (Wildman–Crippen MR) is 62.1 cm³/mol. The van der Waals surface area contributed by atoms with E-state index in [4.69, 9.17) is 0 Å². The van der Waals surface area contributed by atoms with E-state index in [1.54, 1.807) is 0 Å². The Labute approximate surface area is 96.5 Å². The molecule has 0 bridgehead atoms. The van der Waals surface area contributed by atoms with Crippen molar-refractivity contribution in [3.63, 3.8) is 0 Å². The van der Waals surface area contributed by atoms with Crippen molar-refractivity contribution in [3.05, 3.63) is 22.2 Å². The maximum atomic E-state index is 11.4. The van der Waals surface area contributed by atoms with Gasteiger partial charge in [-0.25, -0.2) is 9.78 Å². The average molecular weight is 237 g/mol. The van der Waals surface area contributed by atoms with E-state index >= 15 is 0 Å². The number of aryl methyl sites for hydroxylation is 2. The Hall–Kier alpha value is -1.62. The van der Waals surface area contributed by atoms with Crippen molar-refractivity contribution in [2.45, 2.75) is 13.8 Å². The lowest BCUT2D eigenvalue weighted by atomic mass is 10.1. The smallest absolute Gasteiger partial charge is 0.351 e. The molecule has 0 atom stereocenters. The van der Waals surface area contributed by atoms with E-state index in [2.05, 4.69) is 9.72 Å². The lowest BCUT2D eigenvalue weighted by molar-refractivity contribution is 0.0603. The summed E-state index contributed by atoms with van der Waals surface area (Å²) in [5, 5.41) is 10.6. The molecule has 0 aliphatic carbocycles. The van der Waals surface area contributed by atoms with Crippen LogP contribution in [0.5, 0.6) is 5.75 Å². The van der Waals surface area contributed by atoms with Gasteiger partial charge in [0.25, 0.3) is 0 Å². The Morgan fingerprint density at radius 2 is 2.19 bits per heavy atom. The number of aromatic nitrogens is 1. The Morgan fingerprint density at radius 3 is 2.81 bits per heavy atom. The molecule has 1 N–H and O–H groups in total. The number of nitrogens with zero attached hydrogens (tertiary/aromatic N) is 1. The van der Waals surface area contributed by atoms with Crippen LogP contribution < -0.4 is 0 Å². The van der Waals surface area contributed by atoms with Crippen LogP contribution in [0.15, 0.2) is 6.07 Å². The molecule has 0 saturated carbocycles. The molecule has 0 aromatic carbocycles. The number of carbonyl (C=O) groups is 1. The zero-order chi connectivity index (χ0) is 11.9. The number of pyridine rings is 1. The Morgan fingerprint density at radius 1 is 1.50 bits per heavy atom. The summed E-state index contributed by atoms with van der Waals surface area (Å²) in [6.45, 7) is 3.76. The molecular formula is C11H11NO3S. The highest BCUT2D eigenvalue weighted by molar-refractivity contribution is 7.20. The molecule has 0 aliphatic heterocycles. The van der Waals surface area contributed by atoms with Crippen molar-refractivity contribution < 1.29 is 14.6 Å². The number of ether oxygens (including phenoxy) is 1. The number of methoxy groups -OCH3 is 1. The van der Waals surface area contributed by atoms with Crippen LogP contribution in [0.3, 0.4) is 0 Å². The molecule has 0 fully saturated rings. The lowest BCUT2D eigenvalue weighted by Gasteiger charge is -1.98. The molecule has 0 radical (unpaired) electrons. The summed E-state index contributed by atoms with van der Waals surface area (Å²) in [5.41, 5.74) is 1.77. The summed E-state index contributed by atoms with van der Waals surface area (Å²) in [7, 11) is 1.29. The van der Waals surface area contributed by atoms with Crippen molar-refractivity contribution in [2.75, 3.05) is 7.11 Å². The van der Waals surface area contributed by atoms with Crippen LogP contribution in [0.4, 0.5) is 0 Å². The Bertz CT molecular complexity index is 574. The van der Waals surface area contributed by atoms with Gasteiger partial charge in [-0.15, -0.1) is 11.3 Å². The third-order valence-electron chi connectivity index (χ3n) is 2.33. The number of aromatic hydroxyl groups is 1. The highest BCUT2D eigenvalue weighted by atomic mass is 32.1. The highest BCUT2D eigenvalue weighted by Gasteiger charge is 2.20. The van der Waals surface area contributed by atoms with E-state index in [1.165, 1.54) is 7.11 Å². The number of thiophene rings is 1.